The molecule has 2 atom stereocenters. The molecule has 3 N–H and O–H groups in total. The molecule has 1 saturated heterocycles. The fraction of sp³-hybridized carbons (Fsp3) is 0.500. The Morgan fingerprint density at radius 1 is 0.940 bits per heavy atom. The van der Waals surface area contributed by atoms with Crippen molar-refractivity contribution in [2.75, 3.05) is 25.0 Å². The molecule has 12 heteroatoms. The Kier molecular flexibility index (Phi) is 12.8. The lowest BCUT2D eigenvalue weighted by Crippen LogP contribution is -2.59. The summed E-state index contributed by atoms with van der Waals surface area (Å²) < 4.78 is 13.1. The maximum Gasteiger partial charge on any atom is 0.408 e. The number of anilines is 1. The molecule has 4 amide bonds. The number of piperidine rings is 1. The summed E-state index contributed by atoms with van der Waals surface area (Å²) in [6.07, 6.45) is 2.90. The van der Waals surface area contributed by atoms with Crippen LogP contribution in [0.3, 0.4) is 0 Å². The highest BCUT2D eigenvalue weighted by molar-refractivity contribution is 5.98. The molecule has 50 heavy (non-hydrogen) atoms. The number of imidazole rings is 1. The van der Waals surface area contributed by atoms with Gasteiger partial charge in [0.05, 0.1) is 19.1 Å². The van der Waals surface area contributed by atoms with Gasteiger partial charge in [-0.2, -0.15) is 0 Å². The third-order valence-corrected chi connectivity index (χ3v) is 8.60. The van der Waals surface area contributed by atoms with E-state index >= 15 is 0 Å². The molecule has 0 radical (unpaired) electrons. The van der Waals surface area contributed by atoms with Gasteiger partial charge >= 0.3 is 6.09 Å². The topological polar surface area (TPSA) is 144 Å². The van der Waals surface area contributed by atoms with Gasteiger partial charge in [-0.25, -0.2) is 9.78 Å². The molecule has 2 heterocycles. The van der Waals surface area contributed by atoms with Crippen molar-refractivity contribution in [3.63, 3.8) is 0 Å². The number of rotatable bonds is 13. The number of benzene rings is 2. The maximum atomic E-state index is 13.9. The van der Waals surface area contributed by atoms with E-state index < -0.39 is 41.0 Å². The van der Waals surface area contributed by atoms with E-state index in [1.165, 1.54) is 13.8 Å². The largest absolute Gasteiger partial charge is 0.444 e. The second-order valence-corrected chi connectivity index (χ2v) is 14.6. The molecule has 4 rings (SSSR count). The van der Waals surface area contributed by atoms with Crippen LogP contribution in [0, 0.1) is 12.8 Å². The number of amides is 4. The molecular weight excluding hydrogens is 636 g/mol. The number of ether oxygens (including phenoxy) is 2. The van der Waals surface area contributed by atoms with Crippen LogP contribution in [0.15, 0.2) is 66.9 Å². The Morgan fingerprint density at radius 3 is 2.18 bits per heavy atom. The number of nitrogens with zero attached hydrogens (tertiary/aromatic N) is 3. The van der Waals surface area contributed by atoms with Gasteiger partial charge in [0.25, 0.3) is 5.91 Å². The van der Waals surface area contributed by atoms with Crippen LogP contribution in [0.5, 0.6) is 0 Å². The quantitative estimate of drug-likeness (QED) is 0.225. The predicted octanol–water partition coefficient (Wildman–Crippen LogP) is 5.18. The van der Waals surface area contributed by atoms with E-state index in [1.54, 1.807) is 27.0 Å². The predicted molar refractivity (Wildman–Crippen MR) is 191 cm³/mol. The van der Waals surface area contributed by atoms with Crippen molar-refractivity contribution in [2.45, 2.75) is 97.6 Å². The Balaban J connectivity index is 1.49. The van der Waals surface area contributed by atoms with E-state index in [4.69, 9.17) is 9.47 Å². The third kappa shape index (κ3) is 11.2. The summed E-state index contributed by atoms with van der Waals surface area (Å²) in [4.78, 5) is 60.0. The van der Waals surface area contributed by atoms with Crippen LogP contribution in [0.2, 0.25) is 0 Å². The summed E-state index contributed by atoms with van der Waals surface area (Å²) in [5.74, 6) is -0.0353. The number of nitrogens with one attached hydrogen (secondary N) is 3. The molecule has 12 nitrogen and oxygen atoms in total. The van der Waals surface area contributed by atoms with E-state index in [2.05, 4.69) is 27.9 Å². The lowest BCUT2D eigenvalue weighted by Gasteiger charge is -2.33. The average molecular weight is 689 g/mol. The first-order valence-corrected chi connectivity index (χ1v) is 17.2. The van der Waals surface area contributed by atoms with Crippen molar-refractivity contribution >= 4 is 29.6 Å². The molecule has 1 aromatic heterocycles. The van der Waals surface area contributed by atoms with Gasteiger partial charge in [-0.05, 0) is 71.4 Å². The highest BCUT2D eigenvalue weighted by atomic mass is 16.6. The molecule has 3 aromatic rings. The highest BCUT2D eigenvalue weighted by Crippen LogP contribution is 2.26. The second kappa shape index (κ2) is 16.8. The minimum Gasteiger partial charge on any atom is -0.444 e. The number of aromatic nitrogens is 2. The van der Waals surface area contributed by atoms with Gasteiger partial charge in [-0.15, -0.1) is 0 Å². The standard InChI is InChI=1S/C38H52N6O6/c1-26-18-20-43(21-19-26)34(46)30(29-16-12-9-13-17-29)22-44-23-32(39-27(44)2)41-33(45)31(25-49-24-28-14-10-8-11-15-28)40-35(47)38(6,7)42-36(48)50-37(3,4)5/h8-17,23,26,30-31H,18-22,24-25H2,1-7H3,(H,40,47)(H,41,45)(H,42,48)/t30?,31-/m1/s1. The lowest BCUT2D eigenvalue weighted by atomic mass is 9.94. The van der Waals surface area contributed by atoms with Crippen molar-refractivity contribution in [1.29, 1.82) is 0 Å². The zero-order valence-electron chi connectivity index (χ0n) is 30.3. The number of hydrogen-bond donors (Lipinski definition) is 3. The first-order valence-electron chi connectivity index (χ1n) is 17.2. The number of carbonyl (C=O) groups is 4. The van der Waals surface area contributed by atoms with Crippen molar-refractivity contribution in [1.82, 2.24) is 25.1 Å². The summed E-state index contributed by atoms with van der Waals surface area (Å²) in [6.45, 7) is 14.1. The summed E-state index contributed by atoms with van der Waals surface area (Å²) >= 11 is 0. The summed E-state index contributed by atoms with van der Waals surface area (Å²) in [6, 6.07) is 18.1. The monoisotopic (exact) mass is 688 g/mol. The Bertz CT molecular complexity index is 1590. The van der Waals surface area contributed by atoms with Crippen LogP contribution in [-0.4, -0.2) is 75.1 Å². The Hall–Kier alpha value is -4.71. The van der Waals surface area contributed by atoms with Crippen molar-refractivity contribution in [3.8, 4) is 0 Å². The summed E-state index contributed by atoms with van der Waals surface area (Å²) in [7, 11) is 0. The van der Waals surface area contributed by atoms with E-state index in [0.717, 1.165) is 37.1 Å². The maximum absolute atomic E-state index is 13.9. The molecule has 0 spiro atoms. The molecule has 1 aliphatic rings. The van der Waals surface area contributed by atoms with Gasteiger partial charge < -0.3 is 34.9 Å². The number of aryl methyl sites for hydroxylation is 1. The van der Waals surface area contributed by atoms with Crippen LogP contribution < -0.4 is 16.0 Å². The molecule has 1 unspecified atom stereocenters. The van der Waals surface area contributed by atoms with E-state index in [1.807, 2.05) is 77.1 Å². The fourth-order valence-electron chi connectivity index (χ4n) is 5.63. The molecule has 0 bridgehead atoms. The highest BCUT2D eigenvalue weighted by Gasteiger charge is 2.35. The first-order chi connectivity index (χ1) is 23.6. The first kappa shape index (κ1) is 38.1. The number of likely N-dealkylation sites (tertiary alicyclic amines) is 1. The van der Waals surface area contributed by atoms with Gasteiger partial charge in [0.1, 0.15) is 23.0 Å². The lowest BCUT2D eigenvalue weighted by molar-refractivity contribution is -0.134. The normalized spacial score (nSPS) is 15.1. The minimum absolute atomic E-state index is 0.0720. The van der Waals surface area contributed by atoms with Gasteiger partial charge in [-0.3, -0.25) is 14.4 Å². The summed E-state index contributed by atoms with van der Waals surface area (Å²) in [5, 5.41) is 8.12. The zero-order chi connectivity index (χ0) is 36.5. The third-order valence-electron chi connectivity index (χ3n) is 8.60. The van der Waals surface area contributed by atoms with Crippen molar-refractivity contribution in [2.24, 2.45) is 5.92 Å². The molecule has 270 valence electrons. The van der Waals surface area contributed by atoms with Gasteiger partial charge in [0.2, 0.25) is 11.8 Å². The van der Waals surface area contributed by atoms with Crippen molar-refractivity contribution in [3.05, 3.63) is 83.8 Å². The number of hydrogen-bond acceptors (Lipinski definition) is 7. The van der Waals surface area contributed by atoms with E-state index in [-0.39, 0.29) is 24.9 Å². The molecule has 2 aromatic carbocycles. The fourth-order valence-corrected chi connectivity index (χ4v) is 5.63. The summed E-state index contributed by atoms with van der Waals surface area (Å²) in [5.41, 5.74) is -0.354. The van der Waals surface area contributed by atoms with Crippen LogP contribution >= 0.6 is 0 Å². The molecule has 0 saturated carbocycles. The van der Waals surface area contributed by atoms with E-state index in [0.29, 0.717) is 18.3 Å². The minimum atomic E-state index is -1.41. The zero-order valence-corrected chi connectivity index (χ0v) is 30.3. The smallest absolute Gasteiger partial charge is 0.408 e. The number of carbonyl (C=O) groups excluding carboxylic acids is 4. The van der Waals surface area contributed by atoms with Crippen molar-refractivity contribution < 1.29 is 28.7 Å². The van der Waals surface area contributed by atoms with Gasteiger partial charge in [0.15, 0.2) is 5.82 Å². The van der Waals surface area contributed by atoms with Crippen LogP contribution in [-0.2, 0) is 37.0 Å². The van der Waals surface area contributed by atoms with Crippen LogP contribution in [0.1, 0.15) is 77.3 Å². The Morgan fingerprint density at radius 2 is 1.56 bits per heavy atom. The van der Waals surface area contributed by atoms with Gasteiger partial charge in [0, 0.05) is 25.8 Å². The molecule has 1 aliphatic heterocycles. The Labute approximate surface area is 295 Å². The van der Waals surface area contributed by atoms with Gasteiger partial charge in [-0.1, -0.05) is 67.6 Å². The second-order valence-electron chi connectivity index (χ2n) is 14.6. The van der Waals surface area contributed by atoms with Crippen LogP contribution in [0.25, 0.3) is 0 Å². The molecular formula is C38H52N6O6. The van der Waals surface area contributed by atoms with E-state index in [9.17, 15) is 19.2 Å². The SMILES string of the molecule is Cc1nc(NC(=O)[C@@H](COCc2ccccc2)NC(=O)C(C)(C)NC(=O)OC(C)(C)C)cn1CC(C(=O)N1CCC(C)CC1)c1ccccc1. The molecule has 1 fully saturated rings. The average Bonchev–Trinajstić information content (AvgIpc) is 3.40. The number of alkyl carbamates (subject to hydrolysis) is 1. The molecule has 0 aliphatic carbocycles. The van der Waals surface area contributed by atoms with Crippen LogP contribution in [0.4, 0.5) is 10.6 Å².